The van der Waals surface area contributed by atoms with E-state index in [0.717, 1.165) is 0 Å². The van der Waals surface area contributed by atoms with E-state index < -0.39 is 13.3 Å². The van der Waals surface area contributed by atoms with Gasteiger partial charge in [-0.2, -0.15) is 0 Å². The quantitative estimate of drug-likeness (QED) is 0.557. The van der Waals surface area contributed by atoms with Crippen molar-refractivity contribution in [3.63, 3.8) is 0 Å². The number of hydrogen-bond acceptors (Lipinski definition) is 0. The summed E-state index contributed by atoms with van der Waals surface area (Å²) in [5.74, 6) is 7.48. The summed E-state index contributed by atoms with van der Waals surface area (Å²) >= 11 is -1.90. The van der Waals surface area contributed by atoms with Crippen LogP contribution < -0.4 is 8.96 Å². The average molecular weight is 357 g/mol. The van der Waals surface area contributed by atoms with Gasteiger partial charge in [-0.1, -0.05) is 0 Å². The molecule has 0 fully saturated rings. The van der Waals surface area contributed by atoms with Gasteiger partial charge in [0.2, 0.25) is 0 Å². The Balaban J connectivity index is 2.77. The molecule has 1 aromatic carbocycles. The Labute approximate surface area is 138 Å². The molecule has 2 heteroatoms. The normalized spacial score (nSPS) is 12.5. The molecule has 1 aromatic heterocycles. The maximum atomic E-state index is 2.49. The van der Waals surface area contributed by atoms with Gasteiger partial charge in [0.05, 0.1) is 0 Å². The van der Waals surface area contributed by atoms with Gasteiger partial charge in [-0.3, -0.25) is 0 Å². The molecule has 1 nitrogen and oxygen atoms in total. The fourth-order valence-corrected chi connectivity index (χ4v) is 7.02. The Morgan fingerprint density at radius 3 is 2.14 bits per heavy atom. The summed E-state index contributed by atoms with van der Waals surface area (Å²) in [6.07, 6.45) is 2.13. The van der Waals surface area contributed by atoms with Gasteiger partial charge in [-0.25, -0.2) is 0 Å². The van der Waals surface area contributed by atoms with E-state index in [1.807, 2.05) is 0 Å². The molecule has 1 heterocycles. The fourth-order valence-electron chi connectivity index (χ4n) is 3.03. The SMILES string of the molecule is Cc1c[c]([Ge]([CH3])([CH3])[CH3])c(C(C)(C)C)cc1-c1cccc[n+]1C. The van der Waals surface area contributed by atoms with E-state index in [1.54, 1.807) is 4.40 Å². The van der Waals surface area contributed by atoms with Crippen LogP contribution in [-0.4, -0.2) is 13.3 Å². The van der Waals surface area contributed by atoms with E-state index in [4.69, 9.17) is 0 Å². The van der Waals surface area contributed by atoms with Gasteiger partial charge >= 0.3 is 139 Å². The number of rotatable bonds is 2. The molecule has 0 aliphatic heterocycles. The molecule has 0 atom stereocenters. The summed E-state index contributed by atoms with van der Waals surface area (Å²) in [5.41, 5.74) is 5.76. The molecule has 0 amide bonds. The summed E-state index contributed by atoms with van der Waals surface area (Å²) < 4.78 is 3.86. The molecule has 0 spiro atoms. The summed E-state index contributed by atoms with van der Waals surface area (Å²) in [6.45, 7) is 9.27. The predicted molar refractivity (Wildman–Crippen MR) is 99.5 cm³/mol. The Kier molecular flexibility index (Phi) is 4.59. The molecule has 0 bridgehead atoms. The molecule has 0 unspecified atom stereocenters. The topological polar surface area (TPSA) is 3.88 Å². The number of benzene rings is 1. The zero-order valence-corrected chi connectivity index (χ0v) is 17.5. The summed E-state index contributed by atoms with van der Waals surface area (Å²) in [7, 11) is 2.13. The van der Waals surface area contributed by atoms with Crippen LogP contribution in [0.1, 0.15) is 31.9 Å². The zero-order chi connectivity index (χ0) is 16.7. The first-order valence-electron chi connectivity index (χ1n) is 8.12. The van der Waals surface area contributed by atoms with Gasteiger partial charge in [0.1, 0.15) is 0 Å². The summed E-state index contributed by atoms with van der Waals surface area (Å²) in [4.78, 5) is 0. The molecule has 118 valence electrons. The first-order valence-corrected chi connectivity index (χ1v) is 15.5. The number of nitrogens with zero attached hydrogens (tertiary/aromatic N) is 1. The van der Waals surface area contributed by atoms with E-state index in [-0.39, 0.29) is 5.41 Å². The van der Waals surface area contributed by atoms with Gasteiger partial charge in [0.15, 0.2) is 0 Å². The fraction of sp³-hybridized carbons (Fsp3) is 0.450. The number of aromatic nitrogens is 1. The number of pyridine rings is 1. The van der Waals surface area contributed by atoms with Crippen LogP contribution in [0.4, 0.5) is 0 Å². The minimum absolute atomic E-state index is 0.184. The van der Waals surface area contributed by atoms with Crippen molar-refractivity contribution in [2.45, 2.75) is 50.4 Å². The van der Waals surface area contributed by atoms with Crippen molar-refractivity contribution in [3.05, 3.63) is 47.7 Å². The van der Waals surface area contributed by atoms with Gasteiger partial charge in [0, 0.05) is 0 Å². The first kappa shape index (κ1) is 17.3. The molecule has 0 radical (unpaired) electrons. The Morgan fingerprint density at radius 2 is 1.64 bits per heavy atom. The van der Waals surface area contributed by atoms with Crippen molar-refractivity contribution in [2.24, 2.45) is 7.05 Å². The van der Waals surface area contributed by atoms with Crippen LogP contribution in [0, 0.1) is 6.92 Å². The third-order valence-corrected chi connectivity index (χ3v) is 8.57. The second kappa shape index (κ2) is 5.84. The Morgan fingerprint density at radius 1 is 1.00 bits per heavy atom. The Bertz CT molecular complexity index is 688. The molecule has 0 aliphatic carbocycles. The average Bonchev–Trinajstić information content (AvgIpc) is 2.37. The molecule has 2 rings (SSSR count). The molecule has 0 saturated carbocycles. The van der Waals surface area contributed by atoms with Crippen LogP contribution in [-0.2, 0) is 12.5 Å². The zero-order valence-electron chi connectivity index (χ0n) is 15.4. The molecular weight excluding hydrogens is 327 g/mol. The molecule has 0 saturated heterocycles. The van der Waals surface area contributed by atoms with Gasteiger partial charge in [-0.15, -0.1) is 0 Å². The van der Waals surface area contributed by atoms with E-state index in [1.165, 1.54) is 22.4 Å². The van der Waals surface area contributed by atoms with E-state index in [9.17, 15) is 0 Å². The van der Waals surface area contributed by atoms with Crippen LogP contribution >= 0.6 is 0 Å². The third kappa shape index (κ3) is 3.45. The van der Waals surface area contributed by atoms with Crippen molar-refractivity contribution in [1.29, 1.82) is 0 Å². The molecule has 0 N–H and O–H groups in total. The predicted octanol–water partition coefficient (Wildman–Crippen LogP) is 4.33. The molecular formula is C20H30GeN+. The second-order valence-electron chi connectivity index (χ2n) is 8.41. The summed E-state index contributed by atoms with van der Waals surface area (Å²) in [6, 6.07) is 11.4. The second-order valence-corrected chi connectivity index (χ2v) is 19.0. The van der Waals surface area contributed by atoms with E-state index in [2.05, 4.69) is 93.1 Å². The maximum absolute atomic E-state index is 2.49. The minimum atomic E-state index is -1.90. The van der Waals surface area contributed by atoms with E-state index in [0.29, 0.717) is 0 Å². The van der Waals surface area contributed by atoms with Crippen molar-refractivity contribution in [2.75, 3.05) is 0 Å². The van der Waals surface area contributed by atoms with E-state index >= 15 is 0 Å². The summed E-state index contributed by atoms with van der Waals surface area (Å²) in [5, 5.41) is 0. The van der Waals surface area contributed by atoms with Crippen molar-refractivity contribution >= 4 is 17.7 Å². The van der Waals surface area contributed by atoms with Crippen LogP contribution in [0.15, 0.2) is 36.5 Å². The third-order valence-electron chi connectivity index (χ3n) is 4.31. The monoisotopic (exact) mass is 358 g/mol. The van der Waals surface area contributed by atoms with Gasteiger partial charge < -0.3 is 0 Å². The van der Waals surface area contributed by atoms with Gasteiger partial charge in [0.25, 0.3) is 0 Å². The van der Waals surface area contributed by atoms with Crippen molar-refractivity contribution in [3.8, 4) is 11.3 Å². The number of hydrogen-bond donors (Lipinski definition) is 0. The Hall–Kier alpha value is -1.09. The molecule has 22 heavy (non-hydrogen) atoms. The van der Waals surface area contributed by atoms with Crippen LogP contribution in [0.25, 0.3) is 11.3 Å². The first-order chi connectivity index (χ1) is 10.0. The van der Waals surface area contributed by atoms with Crippen LogP contribution in [0.3, 0.4) is 0 Å². The van der Waals surface area contributed by atoms with Crippen molar-refractivity contribution in [1.82, 2.24) is 0 Å². The molecule has 0 aliphatic rings. The number of aryl methyl sites for hydroxylation is 2. The standard InChI is InChI=1S/C20H30GeN/c1-15-13-18(21(5,6)7)17(20(2,3)4)14-16(15)19-11-9-10-12-22(19)8/h9-14H,1-8H3/q+1. The van der Waals surface area contributed by atoms with Crippen LogP contribution in [0.2, 0.25) is 17.3 Å². The van der Waals surface area contributed by atoms with Gasteiger partial charge in [-0.05, 0) is 0 Å². The van der Waals surface area contributed by atoms with Crippen molar-refractivity contribution < 1.29 is 4.57 Å². The van der Waals surface area contributed by atoms with Crippen LogP contribution in [0.5, 0.6) is 0 Å². The molecule has 2 aromatic rings.